The summed E-state index contributed by atoms with van der Waals surface area (Å²) in [7, 11) is 1.51. The van der Waals surface area contributed by atoms with Crippen LogP contribution in [0, 0.1) is 11.3 Å². The number of anilines is 1. The summed E-state index contributed by atoms with van der Waals surface area (Å²) in [6, 6.07) is 14.0. The fraction of sp³-hybridized carbons (Fsp3) is 0.310. The Balaban J connectivity index is 1.44. The van der Waals surface area contributed by atoms with Crippen molar-refractivity contribution in [1.82, 2.24) is 19.5 Å². The van der Waals surface area contributed by atoms with Gasteiger partial charge < -0.3 is 9.88 Å². The molecule has 0 spiro atoms. The Morgan fingerprint density at radius 2 is 1.84 bits per heavy atom. The molecule has 38 heavy (non-hydrogen) atoms. The number of rotatable bonds is 6. The van der Waals surface area contributed by atoms with Gasteiger partial charge in [-0.05, 0) is 53.5 Å². The maximum Gasteiger partial charge on any atom is 0.434 e. The van der Waals surface area contributed by atoms with Crippen LogP contribution in [0.25, 0.3) is 22.8 Å². The lowest BCUT2D eigenvalue weighted by Crippen LogP contribution is -2.09. The van der Waals surface area contributed by atoms with Crippen molar-refractivity contribution in [3.05, 3.63) is 82.3 Å². The third kappa shape index (κ3) is 4.74. The average Bonchev–Trinajstić information content (AvgIpc) is 3.54. The minimum absolute atomic E-state index is 0.150. The maximum atomic E-state index is 13.0. The second-order valence-corrected chi connectivity index (χ2v) is 9.81. The zero-order valence-corrected chi connectivity index (χ0v) is 21.4. The first-order valence-corrected chi connectivity index (χ1v) is 12.5. The monoisotopic (exact) mass is 516 g/mol. The number of aryl methyl sites for hydroxylation is 1. The number of benzene rings is 1. The van der Waals surface area contributed by atoms with E-state index in [-0.39, 0.29) is 11.7 Å². The van der Waals surface area contributed by atoms with Crippen LogP contribution in [0.1, 0.15) is 59.7 Å². The molecule has 6 nitrogen and oxygen atoms in total. The van der Waals surface area contributed by atoms with E-state index in [0.29, 0.717) is 23.5 Å². The summed E-state index contributed by atoms with van der Waals surface area (Å²) in [4.78, 5) is 13.0. The van der Waals surface area contributed by atoms with E-state index >= 15 is 0 Å². The lowest BCUT2D eigenvalue weighted by molar-refractivity contribution is -0.140. The molecule has 0 bridgehead atoms. The van der Waals surface area contributed by atoms with Crippen LogP contribution in [-0.2, 0) is 32.6 Å². The summed E-state index contributed by atoms with van der Waals surface area (Å²) in [5, 5.41) is 13.5. The van der Waals surface area contributed by atoms with Gasteiger partial charge in [0.2, 0.25) is 0 Å². The van der Waals surface area contributed by atoms with E-state index in [4.69, 9.17) is 4.98 Å². The highest BCUT2D eigenvalue weighted by atomic mass is 19.4. The van der Waals surface area contributed by atoms with Crippen molar-refractivity contribution in [3.63, 3.8) is 0 Å². The first-order valence-electron chi connectivity index (χ1n) is 12.5. The van der Waals surface area contributed by atoms with Crippen molar-refractivity contribution in [3.8, 4) is 28.8 Å². The minimum Gasteiger partial charge on any atom is -0.366 e. The molecule has 0 fully saturated rings. The molecule has 0 amide bonds. The Kier molecular flexibility index (Phi) is 6.66. The summed E-state index contributed by atoms with van der Waals surface area (Å²) >= 11 is 0. The van der Waals surface area contributed by atoms with E-state index in [9.17, 15) is 18.4 Å². The summed E-state index contributed by atoms with van der Waals surface area (Å²) < 4.78 is 40.4. The van der Waals surface area contributed by atoms with Gasteiger partial charge in [-0.15, -0.1) is 0 Å². The predicted molar refractivity (Wildman–Crippen MR) is 139 cm³/mol. The second kappa shape index (κ2) is 9.93. The van der Waals surface area contributed by atoms with Crippen LogP contribution in [0.2, 0.25) is 0 Å². The van der Waals surface area contributed by atoms with Gasteiger partial charge in [0, 0.05) is 31.5 Å². The van der Waals surface area contributed by atoms with Crippen molar-refractivity contribution < 1.29 is 13.2 Å². The van der Waals surface area contributed by atoms with Crippen molar-refractivity contribution in [2.45, 2.75) is 51.7 Å². The molecule has 1 aliphatic rings. The van der Waals surface area contributed by atoms with E-state index < -0.39 is 11.9 Å². The SMILES string of the molecule is CC(C)c1ccccc1-c1nc(NCc2ccc(-c3nc(C(F)(F)F)cn3C)nc2)c2c(c1C#N)CCC2. The van der Waals surface area contributed by atoms with Crippen LogP contribution in [0.5, 0.6) is 0 Å². The zero-order chi connectivity index (χ0) is 27.0. The van der Waals surface area contributed by atoms with Crippen LogP contribution in [-0.4, -0.2) is 19.5 Å². The molecule has 0 radical (unpaired) electrons. The molecule has 3 aromatic heterocycles. The highest BCUT2D eigenvalue weighted by Crippen LogP contribution is 2.38. The molecule has 9 heteroatoms. The second-order valence-electron chi connectivity index (χ2n) is 9.81. The van der Waals surface area contributed by atoms with Gasteiger partial charge in [0.05, 0.1) is 11.3 Å². The molecule has 1 aliphatic carbocycles. The molecule has 4 aromatic rings. The fourth-order valence-corrected chi connectivity index (χ4v) is 5.02. The molecular formula is C29H27F3N6. The van der Waals surface area contributed by atoms with Crippen LogP contribution < -0.4 is 5.32 Å². The molecule has 1 aromatic carbocycles. The van der Waals surface area contributed by atoms with E-state index in [0.717, 1.165) is 59.1 Å². The molecule has 0 saturated carbocycles. The standard InChI is InChI=1S/C29H27F3N6/c1-17(2)19-7-4-5-8-21(19)26-23(13-33)20-9-6-10-22(20)27(37-26)35-15-18-11-12-24(34-14-18)28-36-25(16-38(28)3)29(30,31)32/h4-5,7-8,11-12,14,16-17H,6,9-10,15H2,1-3H3,(H,35,37). The first-order chi connectivity index (χ1) is 18.2. The number of nitrogens with zero attached hydrogens (tertiary/aromatic N) is 5. The van der Waals surface area contributed by atoms with Crippen molar-refractivity contribution in [2.24, 2.45) is 7.05 Å². The third-order valence-corrected chi connectivity index (χ3v) is 6.90. The topological polar surface area (TPSA) is 79.4 Å². The largest absolute Gasteiger partial charge is 0.434 e. The molecule has 5 rings (SSSR count). The van der Waals surface area contributed by atoms with Gasteiger partial charge in [0.1, 0.15) is 17.6 Å². The van der Waals surface area contributed by atoms with Crippen LogP contribution >= 0.6 is 0 Å². The Bertz CT molecular complexity index is 1530. The highest BCUT2D eigenvalue weighted by Gasteiger charge is 2.34. The fourth-order valence-electron chi connectivity index (χ4n) is 5.02. The Morgan fingerprint density at radius 3 is 2.50 bits per heavy atom. The summed E-state index contributed by atoms with van der Waals surface area (Å²) in [5.74, 6) is 1.18. The van der Waals surface area contributed by atoms with Crippen molar-refractivity contribution in [1.29, 1.82) is 5.26 Å². The number of pyridine rings is 2. The van der Waals surface area contributed by atoms with Gasteiger partial charge in [-0.2, -0.15) is 18.4 Å². The maximum absolute atomic E-state index is 13.0. The quantitative estimate of drug-likeness (QED) is 0.310. The number of fused-ring (bicyclic) bond motifs is 1. The third-order valence-electron chi connectivity index (χ3n) is 6.90. The lowest BCUT2D eigenvalue weighted by Gasteiger charge is -2.18. The van der Waals surface area contributed by atoms with Gasteiger partial charge >= 0.3 is 6.18 Å². The number of halogens is 3. The molecular weight excluding hydrogens is 489 g/mol. The number of nitrogens with one attached hydrogen (secondary N) is 1. The van der Waals surface area contributed by atoms with Gasteiger partial charge in [-0.3, -0.25) is 4.98 Å². The van der Waals surface area contributed by atoms with Gasteiger partial charge in [0.15, 0.2) is 11.5 Å². The number of imidazole rings is 1. The number of alkyl halides is 3. The Hall–Kier alpha value is -4.19. The number of aromatic nitrogens is 4. The van der Waals surface area contributed by atoms with Crippen LogP contribution in [0.15, 0.2) is 48.8 Å². The van der Waals surface area contributed by atoms with Crippen LogP contribution in [0.3, 0.4) is 0 Å². The van der Waals surface area contributed by atoms with E-state index in [1.165, 1.54) is 11.6 Å². The summed E-state index contributed by atoms with van der Waals surface area (Å²) in [6.07, 6.45) is 0.732. The normalized spacial score (nSPS) is 13.0. The van der Waals surface area contributed by atoms with Crippen molar-refractivity contribution >= 4 is 5.82 Å². The van der Waals surface area contributed by atoms with Gasteiger partial charge in [-0.25, -0.2) is 9.97 Å². The zero-order valence-electron chi connectivity index (χ0n) is 21.4. The van der Waals surface area contributed by atoms with Gasteiger partial charge in [0.25, 0.3) is 0 Å². The number of nitriles is 1. The highest BCUT2D eigenvalue weighted by molar-refractivity contribution is 5.76. The molecule has 0 saturated heterocycles. The molecule has 0 aliphatic heterocycles. The smallest absolute Gasteiger partial charge is 0.366 e. The summed E-state index contributed by atoms with van der Waals surface area (Å²) in [6.45, 7) is 4.68. The molecule has 1 N–H and O–H groups in total. The van der Waals surface area contributed by atoms with Crippen molar-refractivity contribution in [2.75, 3.05) is 5.32 Å². The minimum atomic E-state index is -4.51. The number of hydrogen-bond donors (Lipinski definition) is 1. The predicted octanol–water partition coefficient (Wildman–Crippen LogP) is 6.66. The van der Waals surface area contributed by atoms with E-state index in [1.54, 1.807) is 12.3 Å². The first kappa shape index (κ1) is 25.5. The number of hydrogen-bond acceptors (Lipinski definition) is 5. The molecule has 3 heterocycles. The van der Waals surface area contributed by atoms with E-state index in [1.807, 2.05) is 24.3 Å². The molecule has 194 valence electrons. The average molecular weight is 517 g/mol. The molecule has 0 atom stereocenters. The lowest BCUT2D eigenvalue weighted by atomic mass is 9.91. The summed E-state index contributed by atoms with van der Waals surface area (Å²) in [5.41, 5.74) is 5.85. The van der Waals surface area contributed by atoms with E-state index in [2.05, 4.69) is 41.3 Å². The van der Waals surface area contributed by atoms with Crippen LogP contribution in [0.4, 0.5) is 19.0 Å². The van der Waals surface area contributed by atoms with Gasteiger partial charge in [-0.1, -0.05) is 44.2 Å². The Morgan fingerprint density at radius 1 is 1.08 bits per heavy atom. The Labute approximate surface area is 219 Å². The molecule has 0 unspecified atom stereocenters.